The van der Waals surface area contributed by atoms with Gasteiger partial charge in [-0.15, -0.1) is 0 Å². The molecule has 0 aromatic carbocycles. The van der Waals surface area contributed by atoms with Crippen molar-refractivity contribution in [3.05, 3.63) is 51.9 Å². The molecule has 184 valence electrons. The number of hydrogen-bond donors (Lipinski definition) is 2. The van der Waals surface area contributed by atoms with Crippen molar-refractivity contribution in [1.82, 2.24) is 20.2 Å². The second-order valence-electron chi connectivity index (χ2n) is 7.55. The molecule has 1 atom stereocenters. The standard InChI is InChI=1S/C21H21ClF4N4O4/c1-11(12-6-15(22)18(29-8-12)34-10-21(25,26)20(23)24)30-9-14-13(19(30)33)2-3-27-16(14)7-17(32)28-4-5-31/h2-3,6,8,11,20,31H,4-5,7,9-10H2,1H3,(H,28,32). The van der Waals surface area contributed by atoms with Crippen molar-refractivity contribution in [2.24, 2.45) is 0 Å². The summed E-state index contributed by atoms with van der Waals surface area (Å²) in [6.07, 6.45) is -1.28. The van der Waals surface area contributed by atoms with E-state index in [1.54, 1.807) is 13.0 Å². The van der Waals surface area contributed by atoms with Gasteiger partial charge in [-0.25, -0.2) is 13.8 Å². The van der Waals surface area contributed by atoms with Gasteiger partial charge in [0, 0.05) is 36.6 Å². The van der Waals surface area contributed by atoms with Gasteiger partial charge in [0.15, 0.2) is 6.61 Å². The number of pyridine rings is 2. The molecule has 2 amide bonds. The molecule has 3 heterocycles. The third kappa shape index (κ3) is 5.55. The van der Waals surface area contributed by atoms with Gasteiger partial charge in [0.2, 0.25) is 11.8 Å². The molecule has 0 radical (unpaired) electrons. The van der Waals surface area contributed by atoms with Crippen LogP contribution in [0.3, 0.4) is 0 Å². The highest BCUT2D eigenvalue weighted by Crippen LogP contribution is 2.35. The quantitative estimate of drug-likeness (QED) is 0.482. The summed E-state index contributed by atoms with van der Waals surface area (Å²) in [6, 6.07) is 2.34. The van der Waals surface area contributed by atoms with E-state index in [1.807, 2.05) is 0 Å². The number of aliphatic hydroxyl groups is 1. The van der Waals surface area contributed by atoms with Gasteiger partial charge in [-0.3, -0.25) is 14.6 Å². The lowest BCUT2D eigenvalue weighted by atomic mass is 10.1. The van der Waals surface area contributed by atoms with Crippen LogP contribution in [0.4, 0.5) is 17.6 Å². The first-order valence-electron chi connectivity index (χ1n) is 10.1. The zero-order chi connectivity index (χ0) is 25.0. The Balaban J connectivity index is 1.74. The number of ether oxygens (including phenoxy) is 1. The van der Waals surface area contributed by atoms with Gasteiger partial charge in [0.25, 0.3) is 5.91 Å². The number of carbonyl (C=O) groups excluding carboxylic acids is 2. The van der Waals surface area contributed by atoms with Crippen molar-refractivity contribution in [2.45, 2.75) is 38.3 Å². The van der Waals surface area contributed by atoms with E-state index in [0.29, 0.717) is 22.4 Å². The molecule has 0 spiro atoms. The monoisotopic (exact) mass is 504 g/mol. The molecule has 0 bridgehead atoms. The first kappa shape index (κ1) is 25.6. The maximum Gasteiger partial charge on any atom is 0.340 e. The molecule has 1 unspecified atom stereocenters. The number of rotatable bonds is 10. The predicted octanol–water partition coefficient (Wildman–Crippen LogP) is 2.78. The Kier molecular flexibility index (Phi) is 7.93. The normalized spacial score (nSPS) is 14.4. The molecule has 0 saturated carbocycles. The Labute approximate surface area is 196 Å². The van der Waals surface area contributed by atoms with Crippen LogP contribution in [0.25, 0.3) is 0 Å². The minimum atomic E-state index is -4.36. The van der Waals surface area contributed by atoms with E-state index in [0.717, 1.165) is 0 Å². The van der Waals surface area contributed by atoms with Gasteiger partial charge in [0.05, 0.1) is 24.8 Å². The zero-order valence-electron chi connectivity index (χ0n) is 17.9. The number of fused-ring (bicyclic) bond motifs is 1. The fourth-order valence-electron chi connectivity index (χ4n) is 3.37. The topological polar surface area (TPSA) is 105 Å². The number of nitrogens with one attached hydrogen (secondary N) is 1. The van der Waals surface area contributed by atoms with Gasteiger partial charge in [0.1, 0.15) is 5.02 Å². The summed E-state index contributed by atoms with van der Waals surface area (Å²) in [6.45, 7) is 0.161. The van der Waals surface area contributed by atoms with E-state index in [1.165, 1.54) is 23.4 Å². The molecule has 1 aliphatic heterocycles. The molecule has 2 N–H and O–H groups in total. The van der Waals surface area contributed by atoms with Crippen molar-refractivity contribution < 1.29 is 37.0 Å². The average molecular weight is 505 g/mol. The number of amides is 2. The molecule has 13 heteroatoms. The highest BCUT2D eigenvalue weighted by Gasteiger charge is 2.42. The highest BCUT2D eigenvalue weighted by atomic mass is 35.5. The summed E-state index contributed by atoms with van der Waals surface area (Å²) in [5.41, 5.74) is 1.86. The Morgan fingerprint density at radius 3 is 2.76 bits per heavy atom. The van der Waals surface area contributed by atoms with Crippen LogP contribution in [0.1, 0.15) is 40.1 Å². The maximum atomic E-state index is 13.1. The van der Waals surface area contributed by atoms with Gasteiger partial charge >= 0.3 is 12.3 Å². The number of aliphatic hydroxyl groups excluding tert-OH is 1. The second-order valence-corrected chi connectivity index (χ2v) is 7.96. The van der Waals surface area contributed by atoms with E-state index < -0.39 is 30.9 Å². The van der Waals surface area contributed by atoms with Crippen LogP contribution in [-0.4, -0.2) is 63.9 Å². The number of carbonyl (C=O) groups is 2. The summed E-state index contributed by atoms with van der Waals surface area (Å²) >= 11 is 6.04. The molecule has 2 aromatic heterocycles. The summed E-state index contributed by atoms with van der Waals surface area (Å²) in [5.74, 6) is -5.45. The van der Waals surface area contributed by atoms with Gasteiger partial charge in [-0.1, -0.05) is 11.6 Å². The van der Waals surface area contributed by atoms with Gasteiger partial charge < -0.3 is 20.1 Å². The molecular weight excluding hydrogens is 484 g/mol. The van der Waals surface area contributed by atoms with E-state index in [9.17, 15) is 27.2 Å². The fourth-order valence-corrected chi connectivity index (χ4v) is 3.60. The van der Waals surface area contributed by atoms with Crippen LogP contribution in [0, 0.1) is 0 Å². The lowest BCUT2D eigenvalue weighted by Crippen LogP contribution is -2.34. The van der Waals surface area contributed by atoms with Crippen LogP contribution < -0.4 is 10.1 Å². The molecule has 0 saturated heterocycles. The van der Waals surface area contributed by atoms with Crippen LogP contribution >= 0.6 is 11.6 Å². The lowest BCUT2D eigenvalue weighted by Gasteiger charge is -2.25. The predicted molar refractivity (Wildman–Crippen MR) is 112 cm³/mol. The van der Waals surface area contributed by atoms with E-state index in [4.69, 9.17) is 16.7 Å². The smallest absolute Gasteiger partial charge is 0.340 e. The van der Waals surface area contributed by atoms with Crippen molar-refractivity contribution in [2.75, 3.05) is 19.8 Å². The molecular formula is C21H21ClF4N4O4. The molecule has 2 aromatic rings. The fraction of sp³-hybridized carbons (Fsp3) is 0.429. The minimum absolute atomic E-state index is 0.0681. The number of hydrogen-bond acceptors (Lipinski definition) is 6. The summed E-state index contributed by atoms with van der Waals surface area (Å²) in [5, 5.41) is 11.2. The molecule has 0 fully saturated rings. The third-order valence-electron chi connectivity index (χ3n) is 5.23. The maximum absolute atomic E-state index is 13.1. The number of aromatic nitrogens is 2. The van der Waals surface area contributed by atoms with Gasteiger partial charge in [-0.2, -0.15) is 8.78 Å². The molecule has 1 aliphatic rings. The summed E-state index contributed by atoms with van der Waals surface area (Å²) in [7, 11) is 0. The average Bonchev–Trinajstić information content (AvgIpc) is 3.13. The Morgan fingerprint density at radius 1 is 1.38 bits per heavy atom. The Hall–Kier alpha value is -2.99. The molecule has 3 rings (SSSR count). The van der Waals surface area contributed by atoms with Crippen molar-refractivity contribution in [1.29, 1.82) is 0 Å². The number of alkyl halides is 4. The number of halogens is 5. The third-order valence-corrected chi connectivity index (χ3v) is 5.50. The highest BCUT2D eigenvalue weighted by molar-refractivity contribution is 6.31. The van der Waals surface area contributed by atoms with E-state index in [2.05, 4.69) is 20.0 Å². The lowest BCUT2D eigenvalue weighted by molar-refractivity contribution is -0.148. The minimum Gasteiger partial charge on any atom is -0.470 e. The van der Waals surface area contributed by atoms with Crippen molar-refractivity contribution in [3.8, 4) is 5.88 Å². The zero-order valence-corrected chi connectivity index (χ0v) is 18.7. The first-order chi connectivity index (χ1) is 16.0. The largest absolute Gasteiger partial charge is 0.470 e. The van der Waals surface area contributed by atoms with Crippen LogP contribution in [0.5, 0.6) is 5.88 Å². The molecule has 34 heavy (non-hydrogen) atoms. The van der Waals surface area contributed by atoms with E-state index in [-0.39, 0.29) is 43.0 Å². The number of nitrogens with zero attached hydrogens (tertiary/aromatic N) is 3. The molecule has 8 nitrogen and oxygen atoms in total. The van der Waals surface area contributed by atoms with Crippen molar-refractivity contribution in [3.63, 3.8) is 0 Å². The summed E-state index contributed by atoms with van der Waals surface area (Å²) in [4.78, 5) is 34.6. The Bertz CT molecular complexity index is 1070. The van der Waals surface area contributed by atoms with Crippen LogP contribution in [-0.2, 0) is 17.8 Å². The SMILES string of the molecule is CC(c1cnc(OCC(F)(F)C(F)F)c(Cl)c1)N1Cc2c(ccnc2CC(=O)NCCO)C1=O. The van der Waals surface area contributed by atoms with E-state index >= 15 is 0 Å². The second kappa shape index (κ2) is 10.5. The van der Waals surface area contributed by atoms with Crippen LogP contribution in [0.15, 0.2) is 24.5 Å². The summed E-state index contributed by atoms with van der Waals surface area (Å²) < 4.78 is 55.4. The van der Waals surface area contributed by atoms with Crippen molar-refractivity contribution >= 4 is 23.4 Å². The van der Waals surface area contributed by atoms with Crippen LogP contribution in [0.2, 0.25) is 5.02 Å². The Morgan fingerprint density at radius 2 is 2.12 bits per heavy atom. The molecule has 0 aliphatic carbocycles. The van der Waals surface area contributed by atoms with Gasteiger partial charge in [-0.05, 0) is 24.6 Å². The first-order valence-corrected chi connectivity index (χ1v) is 10.5.